The summed E-state index contributed by atoms with van der Waals surface area (Å²) in [5.41, 5.74) is 8.33. The summed E-state index contributed by atoms with van der Waals surface area (Å²) in [6.07, 6.45) is 0.688. The van der Waals surface area contributed by atoms with Gasteiger partial charge in [0.2, 0.25) is 5.91 Å². The predicted molar refractivity (Wildman–Crippen MR) is 63.9 cm³/mol. The monoisotopic (exact) mass is 217 g/mol. The van der Waals surface area contributed by atoms with Crippen LogP contribution in [0.3, 0.4) is 0 Å². The van der Waals surface area contributed by atoms with Gasteiger partial charge in [-0.1, -0.05) is 19.1 Å². The second-order valence-electron chi connectivity index (χ2n) is 4.14. The maximum atomic E-state index is 11.6. The average Bonchev–Trinajstić information content (AvgIpc) is 2.26. The van der Waals surface area contributed by atoms with Gasteiger partial charge < -0.3 is 5.73 Å². The van der Waals surface area contributed by atoms with Crippen molar-refractivity contribution >= 4 is 17.3 Å². The highest BCUT2D eigenvalue weighted by atomic mass is 16.2. The summed E-state index contributed by atoms with van der Waals surface area (Å²) in [6, 6.07) is 7.56. The maximum Gasteiger partial charge on any atom is 0.245 e. The van der Waals surface area contributed by atoms with Crippen LogP contribution in [-0.4, -0.2) is 23.7 Å². The lowest BCUT2D eigenvalue weighted by atomic mass is 9.96. The Morgan fingerprint density at radius 1 is 1.38 bits per heavy atom. The number of benzene rings is 1. The predicted octanol–water partition coefficient (Wildman–Crippen LogP) is 1.47. The van der Waals surface area contributed by atoms with E-state index in [9.17, 15) is 4.79 Å². The number of carbonyl (C=O) groups is 1. The van der Waals surface area contributed by atoms with Crippen molar-refractivity contribution in [2.24, 2.45) is 11.0 Å². The van der Waals surface area contributed by atoms with Gasteiger partial charge in [0.1, 0.15) is 0 Å². The van der Waals surface area contributed by atoms with Crippen molar-refractivity contribution < 1.29 is 4.79 Å². The molecule has 1 aromatic rings. The van der Waals surface area contributed by atoms with E-state index in [4.69, 9.17) is 5.73 Å². The van der Waals surface area contributed by atoms with Crippen molar-refractivity contribution in [1.82, 2.24) is 5.01 Å². The molecule has 0 spiro atoms. The molecule has 0 aromatic heterocycles. The van der Waals surface area contributed by atoms with Gasteiger partial charge in [0, 0.05) is 25.1 Å². The molecule has 2 N–H and O–H groups in total. The summed E-state index contributed by atoms with van der Waals surface area (Å²) < 4.78 is 0. The zero-order valence-electron chi connectivity index (χ0n) is 9.47. The topological polar surface area (TPSA) is 58.7 Å². The van der Waals surface area contributed by atoms with Gasteiger partial charge in [0.25, 0.3) is 0 Å². The highest BCUT2D eigenvalue weighted by molar-refractivity contribution is 6.04. The van der Waals surface area contributed by atoms with Crippen molar-refractivity contribution in [3.8, 4) is 0 Å². The van der Waals surface area contributed by atoms with Gasteiger partial charge in [-0.05, 0) is 17.7 Å². The molecule has 84 valence electrons. The largest absolute Gasteiger partial charge is 0.399 e. The van der Waals surface area contributed by atoms with E-state index in [1.54, 1.807) is 7.05 Å². The lowest BCUT2D eigenvalue weighted by Crippen LogP contribution is -2.34. The van der Waals surface area contributed by atoms with Crippen molar-refractivity contribution in [2.45, 2.75) is 13.3 Å². The Morgan fingerprint density at radius 3 is 2.56 bits per heavy atom. The Morgan fingerprint density at radius 2 is 2.00 bits per heavy atom. The number of nitrogens with two attached hydrogens (primary N) is 1. The van der Waals surface area contributed by atoms with E-state index in [1.165, 1.54) is 5.01 Å². The number of hydrogen-bond donors (Lipinski definition) is 1. The molecule has 0 bridgehead atoms. The van der Waals surface area contributed by atoms with Gasteiger partial charge in [0.15, 0.2) is 0 Å². The first-order valence-electron chi connectivity index (χ1n) is 5.29. The molecule has 1 amide bonds. The molecule has 4 nitrogen and oxygen atoms in total. The Balaban J connectivity index is 2.31. The number of rotatable bonds is 1. The second kappa shape index (κ2) is 3.96. The van der Waals surface area contributed by atoms with Crippen LogP contribution in [0.15, 0.2) is 29.4 Å². The first-order valence-corrected chi connectivity index (χ1v) is 5.29. The Kier molecular flexibility index (Phi) is 2.64. The van der Waals surface area contributed by atoms with Gasteiger partial charge in [-0.25, -0.2) is 5.01 Å². The zero-order chi connectivity index (χ0) is 11.7. The lowest BCUT2D eigenvalue weighted by molar-refractivity contribution is -0.134. The van der Waals surface area contributed by atoms with E-state index in [0.29, 0.717) is 6.42 Å². The molecule has 1 aliphatic heterocycles. The van der Waals surface area contributed by atoms with Gasteiger partial charge in [-0.15, -0.1) is 0 Å². The second-order valence-corrected chi connectivity index (χ2v) is 4.14. The minimum absolute atomic E-state index is 0.00458. The van der Waals surface area contributed by atoms with Crippen molar-refractivity contribution in [3.63, 3.8) is 0 Å². The van der Waals surface area contributed by atoms with E-state index in [2.05, 4.69) is 5.10 Å². The number of nitrogen functional groups attached to an aromatic ring is 1. The third-order valence-corrected chi connectivity index (χ3v) is 2.75. The van der Waals surface area contributed by atoms with E-state index in [0.717, 1.165) is 17.0 Å². The van der Waals surface area contributed by atoms with Crippen LogP contribution in [0.2, 0.25) is 0 Å². The van der Waals surface area contributed by atoms with E-state index in [1.807, 2.05) is 31.2 Å². The van der Waals surface area contributed by atoms with Crippen LogP contribution in [-0.2, 0) is 4.79 Å². The Bertz CT molecular complexity index is 436. The fourth-order valence-electron chi connectivity index (χ4n) is 1.82. The third-order valence-electron chi connectivity index (χ3n) is 2.75. The summed E-state index contributed by atoms with van der Waals surface area (Å²) >= 11 is 0. The molecule has 0 fully saturated rings. The first kappa shape index (κ1) is 10.7. The third kappa shape index (κ3) is 1.91. The quantitative estimate of drug-likeness (QED) is 0.724. The van der Waals surface area contributed by atoms with Crippen LogP contribution < -0.4 is 5.73 Å². The molecule has 0 radical (unpaired) electrons. The highest BCUT2D eigenvalue weighted by Gasteiger charge is 2.25. The fourth-order valence-corrected chi connectivity index (χ4v) is 1.82. The molecular weight excluding hydrogens is 202 g/mol. The minimum Gasteiger partial charge on any atom is -0.399 e. The van der Waals surface area contributed by atoms with Crippen LogP contribution in [0.25, 0.3) is 0 Å². The first-order chi connectivity index (χ1) is 7.58. The van der Waals surface area contributed by atoms with Crippen LogP contribution in [0.1, 0.15) is 18.9 Å². The van der Waals surface area contributed by atoms with Crippen LogP contribution in [0.5, 0.6) is 0 Å². The van der Waals surface area contributed by atoms with Gasteiger partial charge in [-0.3, -0.25) is 4.79 Å². The van der Waals surface area contributed by atoms with Gasteiger partial charge in [-0.2, -0.15) is 5.10 Å². The maximum absolute atomic E-state index is 11.6. The molecule has 1 aliphatic rings. The molecule has 0 aliphatic carbocycles. The highest BCUT2D eigenvalue weighted by Crippen LogP contribution is 2.19. The smallest absolute Gasteiger partial charge is 0.245 e. The summed E-state index contributed by atoms with van der Waals surface area (Å²) in [7, 11) is 1.69. The molecule has 0 saturated carbocycles. The lowest BCUT2D eigenvalue weighted by Gasteiger charge is -2.24. The van der Waals surface area contributed by atoms with E-state index in [-0.39, 0.29) is 11.8 Å². The molecule has 4 heteroatoms. The van der Waals surface area contributed by atoms with E-state index < -0.39 is 0 Å². The molecule has 0 saturated heterocycles. The molecule has 1 atom stereocenters. The normalized spacial score (nSPS) is 20.9. The summed E-state index contributed by atoms with van der Waals surface area (Å²) in [5, 5.41) is 5.69. The Labute approximate surface area is 94.7 Å². The van der Waals surface area contributed by atoms with Crippen LogP contribution in [0, 0.1) is 5.92 Å². The summed E-state index contributed by atoms with van der Waals surface area (Å²) in [5.74, 6) is 0.0641. The molecule has 2 rings (SSSR count). The number of carbonyl (C=O) groups excluding carboxylic acids is 1. The molecule has 1 aromatic carbocycles. The van der Waals surface area contributed by atoms with Gasteiger partial charge in [0.05, 0.1) is 5.71 Å². The molecule has 1 unspecified atom stereocenters. The molecular formula is C12H15N3O. The number of hydrazone groups is 1. The van der Waals surface area contributed by atoms with Gasteiger partial charge >= 0.3 is 0 Å². The van der Waals surface area contributed by atoms with Crippen LogP contribution in [0.4, 0.5) is 5.69 Å². The number of nitrogens with zero attached hydrogens (tertiary/aromatic N) is 2. The van der Waals surface area contributed by atoms with Crippen molar-refractivity contribution in [3.05, 3.63) is 29.8 Å². The fraction of sp³-hybridized carbons (Fsp3) is 0.333. The molecule has 16 heavy (non-hydrogen) atoms. The van der Waals surface area contributed by atoms with Crippen LogP contribution >= 0.6 is 0 Å². The number of anilines is 1. The zero-order valence-corrected chi connectivity index (χ0v) is 9.47. The Hall–Kier alpha value is -1.84. The summed E-state index contributed by atoms with van der Waals surface area (Å²) in [4.78, 5) is 11.6. The average molecular weight is 217 g/mol. The summed E-state index contributed by atoms with van der Waals surface area (Å²) in [6.45, 7) is 1.92. The SMILES string of the molecule is CC1CC(c2ccc(N)cc2)=NN(C)C1=O. The van der Waals surface area contributed by atoms with Crippen molar-refractivity contribution in [2.75, 3.05) is 12.8 Å². The van der Waals surface area contributed by atoms with E-state index >= 15 is 0 Å². The number of amides is 1. The standard InChI is InChI=1S/C12H15N3O/c1-8-7-11(14-15(2)12(8)16)9-3-5-10(13)6-4-9/h3-6,8H,7,13H2,1-2H3. The molecule has 1 heterocycles. The number of hydrogen-bond acceptors (Lipinski definition) is 3. The minimum atomic E-state index is -0.00458. The van der Waals surface area contributed by atoms with Crippen molar-refractivity contribution in [1.29, 1.82) is 0 Å².